The van der Waals surface area contributed by atoms with Crippen LogP contribution in [0.3, 0.4) is 0 Å². The zero-order valence-corrected chi connectivity index (χ0v) is 11.3. The summed E-state index contributed by atoms with van der Waals surface area (Å²) in [6.07, 6.45) is 5.40. The van der Waals surface area contributed by atoms with E-state index in [-0.39, 0.29) is 12.1 Å². The normalized spacial score (nSPS) is 23.9. The summed E-state index contributed by atoms with van der Waals surface area (Å²) in [6, 6.07) is 0.141. The molecule has 0 unspecified atom stereocenters. The van der Waals surface area contributed by atoms with Crippen molar-refractivity contribution in [3.8, 4) is 0 Å². The zero-order valence-electron chi connectivity index (χ0n) is 10.5. The molecule has 16 heavy (non-hydrogen) atoms. The van der Waals surface area contributed by atoms with Crippen molar-refractivity contribution in [3.05, 3.63) is 0 Å². The Kier molecular flexibility index (Phi) is 5.21. The quantitative estimate of drug-likeness (QED) is 0.744. The standard InChI is InChI=1S/C11H23NO3S/c1-10(2)15-9-7-11-6-4-5-8-12(11)16(3,13)14/h10-11H,4-9H2,1-3H3/t11-/m0/s1. The average molecular weight is 249 g/mol. The van der Waals surface area contributed by atoms with Gasteiger partial charge in [-0.1, -0.05) is 6.42 Å². The highest BCUT2D eigenvalue weighted by molar-refractivity contribution is 7.88. The third kappa shape index (κ3) is 4.39. The maximum atomic E-state index is 11.6. The minimum absolute atomic E-state index is 0.141. The first-order valence-corrected chi connectivity index (χ1v) is 7.84. The molecule has 0 aromatic rings. The largest absolute Gasteiger partial charge is 0.379 e. The third-order valence-electron chi connectivity index (χ3n) is 2.90. The van der Waals surface area contributed by atoms with Crippen LogP contribution in [0.15, 0.2) is 0 Å². The van der Waals surface area contributed by atoms with Gasteiger partial charge in [0.1, 0.15) is 0 Å². The number of rotatable bonds is 5. The number of ether oxygens (including phenoxy) is 1. The van der Waals surface area contributed by atoms with E-state index in [2.05, 4.69) is 0 Å². The SMILES string of the molecule is CC(C)OCC[C@@H]1CCCCN1S(C)(=O)=O. The molecule has 1 atom stereocenters. The fourth-order valence-corrected chi connectivity index (χ4v) is 3.35. The van der Waals surface area contributed by atoms with Crippen LogP contribution in [0.5, 0.6) is 0 Å². The number of sulfonamides is 1. The van der Waals surface area contributed by atoms with Crippen molar-refractivity contribution in [2.24, 2.45) is 0 Å². The summed E-state index contributed by atoms with van der Waals surface area (Å²) in [5, 5.41) is 0. The van der Waals surface area contributed by atoms with Crippen molar-refractivity contribution < 1.29 is 13.2 Å². The molecule has 0 N–H and O–H groups in total. The van der Waals surface area contributed by atoms with E-state index in [4.69, 9.17) is 4.74 Å². The Bertz CT molecular complexity index is 300. The van der Waals surface area contributed by atoms with E-state index >= 15 is 0 Å². The second kappa shape index (κ2) is 5.98. The molecule has 1 heterocycles. The summed E-state index contributed by atoms with van der Waals surface area (Å²) in [7, 11) is -3.05. The summed E-state index contributed by atoms with van der Waals surface area (Å²) < 4.78 is 30.3. The Morgan fingerprint density at radius 2 is 2.06 bits per heavy atom. The Balaban J connectivity index is 2.48. The van der Waals surface area contributed by atoms with Gasteiger partial charge in [0.15, 0.2) is 0 Å². The highest BCUT2D eigenvalue weighted by Crippen LogP contribution is 2.22. The van der Waals surface area contributed by atoms with Crippen molar-refractivity contribution in [1.29, 1.82) is 0 Å². The van der Waals surface area contributed by atoms with E-state index in [1.165, 1.54) is 6.26 Å². The molecule has 0 aliphatic carbocycles. The van der Waals surface area contributed by atoms with E-state index in [0.29, 0.717) is 13.2 Å². The fraction of sp³-hybridized carbons (Fsp3) is 1.00. The molecule has 1 aliphatic rings. The molecular formula is C11H23NO3S. The summed E-state index contributed by atoms with van der Waals surface area (Å²) in [5.41, 5.74) is 0. The number of piperidine rings is 1. The first-order valence-electron chi connectivity index (χ1n) is 5.99. The van der Waals surface area contributed by atoms with E-state index in [1.807, 2.05) is 13.8 Å². The van der Waals surface area contributed by atoms with Crippen LogP contribution >= 0.6 is 0 Å². The summed E-state index contributed by atoms with van der Waals surface area (Å²) >= 11 is 0. The van der Waals surface area contributed by atoms with Gasteiger partial charge in [-0.15, -0.1) is 0 Å². The highest BCUT2D eigenvalue weighted by Gasteiger charge is 2.28. The van der Waals surface area contributed by atoms with Crippen LogP contribution in [0, 0.1) is 0 Å². The number of nitrogens with zero attached hydrogens (tertiary/aromatic N) is 1. The molecule has 0 aromatic heterocycles. The molecule has 5 heteroatoms. The van der Waals surface area contributed by atoms with E-state index in [0.717, 1.165) is 25.7 Å². The van der Waals surface area contributed by atoms with Crippen LogP contribution in [0.4, 0.5) is 0 Å². The van der Waals surface area contributed by atoms with Crippen LogP contribution in [0.25, 0.3) is 0 Å². The second-order valence-electron chi connectivity index (χ2n) is 4.73. The van der Waals surface area contributed by atoms with Gasteiger partial charge in [0.2, 0.25) is 10.0 Å². The molecule has 0 spiro atoms. The zero-order chi connectivity index (χ0) is 12.2. The van der Waals surface area contributed by atoms with Crippen LogP contribution < -0.4 is 0 Å². The first-order chi connectivity index (χ1) is 7.41. The molecule has 96 valence electrons. The average Bonchev–Trinajstić information content (AvgIpc) is 2.16. The molecule has 0 amide bonds. The topological polar surface area (TPSA) is 46.6 Å². The van der Waals surface area contributed by atoms with Gasteiger partial charge < -0.3 is 4.74 Å². The molecule has 0 radical (unpaired) electrons. The predicted molar refractivity (Wildman–Crippen MR) is 64.9 cm³/mol. The van der Waals surface area contributed by atoms with E-state index in [1.54, 1.807) is 4.31 Å². The van der Waals surface area contributed by atoms with Crippen LogP contribution in [0.2, 0.25) is 0 Å². The maximum Gasteiger partial charge on any atom is 0.211 e. The number of hydrogen-bond donors (Lipinski definition) is 0. The fourth-order valence-electron chi connectivity index (χ4n) is 2.14. The Morgan fingerprint density at radius 3 is 2.62 bits per heavy atom. The lowest BCUT2D eigenvalue weighted by Crippen LogP contribution is -2.43. The Hall–Kier alpha value is -0.130. The maximum absolute atomic E-state index is 11.6. The molecule has 0 saturated carbocycles. The van der Waals surface area contributed by atoms with Crippen molar-refractivity contribution in [2.75, 3.05) is 19.4 Å². The highest BCUT2D eigenvalue weighted by atomic mass is 32.2. The van der Waals surface area contributed by atoms with Gasteiger partial charge in [-0.2, -0.15) is 4.31 Å². The van der Waals surface area contributed by atoms with Gasteiger partial charge in [0, 0.05) is 19.2 Å². The molecule has 1 aliphatic heterocycles. The lowest BCUT2D eigenvalue weighted by Gasteiger charge is -2.33. The van der Waals surface area contributed by atoms with Gasteiger partial charge >= 0.3 is 0 Å². The first kappa shape index (κ1) is 13.9. The number of hydrogen-bond acceptors (Lipinski definition) is 3. The third-order valence-corrected chi connectivity index (χ3v) is 4.23. The minimum atomic E-state index is -3.05. The molecule has 1 saturated heterocycles. The van der Waals surface area contributed by atoms with E-state index < -0.39 is 10.0 Å². The van der Waals surface area contributed by atoms with Crippen LogP contribution in [-0.4, -0.2) is 44.3 Å². The van der Waals surface area contributed by atoms with Crippen molar-refractivity contribution >= 4 is 10.0 Å². The van der Waals surface area contributed by atoms with Gasteiger partial charge in [0.25, 0.3) is 0 Å². The van der Waals surface area contributed by atoms with Crippen molar-refractivity contribution in [3.63, 3.8) is 0 Å². The lowest BCUT2D eigenvalue weighted by atomic mass is 10.0. The molecule has 1 fully saturated rings. The van der Waals surface area contributed by atoms with E-state index in [9.17, 15) is 8.42 Å². The summed E-state index contributed by atoms with van der Waals surface area (Å²) in [5.74, 6) is 0. The smallest absolute Gasteiger partial charge is 0.211 e. The van der Waals surface area contributed by atoms with Crippen LogP contribution in [0.1, 0.15) is 39.5 Å². The van der Waals surface area contributed by atoms with Gasteiger partial charge in [0.05, 0.1) is 12.4 Å². The van der Waals surface area contributed by atoms with Crippen molar-refractivity contribution in [1.82, 2.24) is 4.31 Å². The monoisotopic (exact) mass is 249 g/mol. The molecule has 0 bridgehead atoms. The molecular weight excluding hydrogens is 226 g/mol. The Morgan fingerprint density at radius 1 is 1.38 bits per heavy atom. The minimum Gasteiger partial charge on any atom is -0.379 e. The lowest BCUT2D eigenvalue weighted by molar-refractivity contribution is 0.0621. The predicted octanol–water partition coefficient (Wildman–Crippen LogP) is 1.62. The molecule has 4 nitrogen and oxygen atoms in total. The van der Waals surface area contributed by atoms with Crippen LogP contribution in [-0.2, 0) is 14.8 Å². The molecule has 1 rings (SSSR count). The summed E-state index contributed by atoms with van der Waals surface area (Å²) in [4.78, 5) is 0. The second-order valence-corrected chi connectivity index (χ2v) is 6.67. The van der Waals surface area contributed by atoms with Gasteiger partial charge in [-0.3, -0.25) is 0 Å². The molecule has 0 aromatic carbocycles. The van der Waals surface area contributed by atoms with Gasteiger partial charge in [-0.05, 0) is 33.1 Å². The summed E-state index contributed by atoms with van der Waals surface area (Å²) in [6.45, 7) is 5.31. The van der Waals surface area contributed by atoms with Gasteiger partial charge in [-0.25, -0.2) is 8.42 Å². The van der Waals surface area contributed by atoms with Crippen molar-refractivity contribution in [2.45, 2.75) is 51.7 Å². The Labute approximate surface area is 99.0 Å².